The molecule has 1 saturated carbocycles. The Balaban J connectivity index is 0.00000243. The van der Waals surface area contributed by atoms with Crippen molar-refractivity contribution >= 4 is 39.7 Å². The van der Waals surface area contributed by atoms with Crippen LogP contribution in [0, 0.1) is 0 Å². The number of nitrogens with one attached hydrogen (secondary N) is 2. The zero-order chi connectivity index (χ0) is 17.9. The molecule has 1 fully saturated rings. The molecule has 0 heterocycles. The molecule has 0 atom stereocenters. The number of rotatable bonds is 5. The fraction of sp³-hybridized carbons (Fsp3) is 0.278. The second-order valence-electron chi connectivity index (χ2n) is 6.31. The van der Waals surface area contributed by atoms with E-state index in [4.69, 9.17) is 5.73 Å². The Morgan fingerprint density at radius 3 is 2.08 bits per heavy atom. The van der Waals surface area contributed by atoms with Gasteiger partial charge in [-0.1, -0.05) is 31.0 Å². The molecular weight excluding hydrogens is 374 g/mol. The van der Waals surface area contributed by atoms with E-state index in [9.17, 15) is 13.2 Å². The Morgan fingerprint density at radius 2 is 1.50 bits per heavy atom. The molecule has 2 aromatic rings. The normalized spacial score (nSPS) is 15.7. The van der Waals surface area contributed by atoms with Crippen molar-refractivity contribution in [2.24, 2.45) is 5.73 Å². The molecule has 1 aliphatic carbocycles. The topological polar surface area (TPSA) is 101 Å². The maximum absolute atomic E-state index is 12.4. The van der Waals surface area contributed by atoms with Crippen molar-refractivity contribution in [2.75, 3.05) is 10.0 Å². The molecule has 1 amide bonds. The molecule has 140 valence electrons. The fourth-order valence-electron chi connectivity index (χ4n) is 2.93. The Bertz CT molecular complexity index is 849. The van der Waals surface area contributed by atoms with Crippen LogP contribution in [0.4, 0.5) is 11.4 Å². The van der Waals surface area contributed by atoms with Crippen LogP contribution in [0.1, 0.15) is 25.7 Å². The molecule has 0 unspecified atom stereocenters. The number of para-hydroxylation sites is 1. The van der Waals surface area contributed by atoms with E-state index < -0.39 is 15.6 Å². The van der Waals surface area contributed by atoms with Gasteiger partial charge in [-0.25, -0.2) is 8.42 Å². The van der Waals surface area contributed by atoms with Crippen LogP contribution in [0.2, 0.25) is 0 Å². The van der Waals surface area contributed by atoms with Crippen molar-refractivity contribution in [3.05, 3.63) is 54.6 Å². The molecule has 1 aliphatic rings. The van der Waals surface area contributed by atoms with Crippen molar-refractivity contribution in [3.63, 3.8) is 0 Å². The third-order valence-corrected chi connectivity index (χ3v) is 5.79. The molecule has 4 N–H and O–H groups in total. The van der Waals surface area contributed by atoms with E-state index in [0.717, 1.165) is 12.8 Å². The minimum atomic E-state index is -3.67. The molecular formula is C18H22ClN3O3S. The van der Waals surface area contributed by atoms with Gasteiger partial charge in [0.25, 0.3) is 10.0 Å². The van der Waals surface area contributed by atoms with Gasteiger partial charge in [-0.2, -0.15) is 0 Å². The van der Waals surface area contributed by atoms with Crippen molar-refractivity contribution in [3.8, 4) is 0 Å². The van der Waals surface area contributed by atoms with Crippen molar-refractivity contribution in [2.45, 2.75) is 36.1 Å². The highest BCUT2D eigenvalue weighted by atomic mass is 35.5. The molecule has 0 bridgehead atoms. The van der Waals surface area contributed by atoms with Crippen LogP contribution < -0.4 is 15.8 Å². The lowest BCUT2D eigenvalue weighted by atomic mass is 9.98. The summed E-state index contributed by atoms with van der Waals surface area (Å²) in [6.45, 7) is 0. The Kier molecular flexibility index (Phi) is 6.28. The number of sulfonamides is 1. The zero-order valence-electron chi connectivity index (χ0n) is 14.1. The van der Waals surface area contributed by atoms with Gasteiger partial charge in [-0.05, 0) is 49.2 Å². The van der Waals surface area contributed by atoms with E-state index in [1.807, 2.05) is 6.07 Å². The number of carbonyl (C=O) groups excluding carboxylic acids is 1. The van der Waals surface area contributed by atoms with Gasteiger partial charge in [0.15, 0.2) is 0 Å². The molecule has 0 spiro atoms. The molecule has 8 heteroatoms. The first-order valence-electron chi connectivity index (χ1n) is 8.17. The van der Waals surface area contributed by atoms with Crippen LogP contribution >= 0.6 is 12.4 Å². The third-order valence-electron chi connectivity index (χ3n) is 4.40. The number of benzene rings is 2. The van der Waals surface area contributed by atoms with E-state index >= 15 is 0 Å². The van der Waals surface area contributed by atoms with Gasteiger partial charge in [-0.3, -0.25) is 9.52 Å². The lowest BCUT2D eigenvalue weighted by Crippen LogP contribution is -2.48. The number of anilines is 2. The summed E-state index contributed by atoms with van der Waals surface area (Å²) >= 11 is 0. The fourth-order valence-corrected chi connectivity index (χ4v) is 3.98. The van der Waals surface area contributed by atoms with E-state index in [1.165, 1.54) is 12.1 Å². The highest BCUT2D eigenvalue weighted by Gasteiger charge is 2.36. The number of hydrogen-bond donors (Lipinski definition) is 3. The molecule has 0 aromatic heterocycles. The van der Waals surface area contributed by atoms with E-state index in [2.05, 4.69) is 10.0 Å². The second kappa shape index (κ2) is 8.07. The SMILES string of the molecule is Cl.NC1(C(=O)Nc2ccc(S(=O)(=O)Nc3ccccc3)cc2)CCCC1. The predicted molar refractivity (Wildman–Crippen MR) is 105 cm³/mol. The highest BCUT2D eigenvalue weighted by Crippen LogP contribution is 2.28. The largest absolute Gasteiger partial charge is 0.324 e. The summed E-state index contributed by atoms with van der Waals surface area (Å²) in [7, 11) is -3.67. The second-order valence-corrected chi connectivity index (χ2v) is 8.00. The van der Waals surface area contributed by atoms with Crippen molar-refractivity contribution < 1.29 is 13.2 Å². The van der Waals surface area contributed by atoms with Crippen LogP contribution in [0.15, 0.2) is 59.5 Å². The lowest BCUT2D eigenvalue weighted by molar-refractivity contribution is -0.121. The monoisotopic (exact) mass is 395 g/mol. The Hall–Kier alpha value is -2.09. The molecule has 0 saturated heterocycles. The molecule has 0 aliphatic heterocycles. The minimum Gasteiger partial charge on any atom is -0.324 e. The molecule has 6 nitrogen and oxygen atoms in total. The summed E-state index contributed by atoms with van der Waals surface area (Å²) in [6, 6.07) is 14.7. The summed E-state index contributed by atoms with van der Waals surface area (Å²) in [5.74, 6) is -0.219. The van der Waals surface area contributed by atoms with Gasteiger partial charge in [0.2, 0.25) is 5.91 Å². The number of halogens is 1. The van der Waals surface area contributed by atoms with Crippen LogP contribution in [-0.4, -0.2) is 19.9 Å². The zero-order valence-corrected chi connectivity index (χ0v) is 15.8. The van der Waals surface area contributed by atoms with Crippen LogP contribution in [0.5, 0.6) is 0 Å². The van der Waals surface area contributed by atoms with Crippen LogP contribution in [-0.2, 0) is 14.8 Å². The van der Waals surface area contributed by atoms with Crippen LogP contribution in [0.3, 0.4) is 0 Å². The van der Waals surface area contributed by atoms with Gasteiger partial charge < -0.3 is 11.1 Å². The molecule has 26 heavy (non-hydrogen) atoms. The summed E-state index contributed by atoms with van der Waals surface area (Å²) < 4.78 is 27.3. The number of carbonyl (C=O) groups is 1. The van der Waals surface area contributed by atoms with Crippen molar-refractivity contribution in [1.82, 2.24) is 0 Å². The van der Waals surface area contributed by atoms with Gasteiger partial charge >= 0.3 is 0 Å². The molecule has 3 rings (SSSR count). The smallest absolute Gasteiger partial charge is 0.261 e. The standard InChI is InChI=1S/C18H21N3O3S.ClH/c19-18(12-4-5-13-18)17(22)20-14-8-10-16(11-9-14)25(23,24)21-15-6-2-1-3-7-15;/h1-3,6-11,21H,4-5,12-13,19H2,(H,20,22);1H. The van der Waals surface area contributed by atoms with E-state index in [0.29, 0.717) is 24.2 Å². The summed E-state index contributed by atoms with van der Waals surface area (Å²) in [5, 5.41) is 2.77. The summed E-state index contributed by atoms with van der Waals surface area (Å²) in [5.41, 5.74) is 6.32. The van der Waals surface area contributed by atoms with Gasteiger partial charge in [0, 0.05) is 11.4 Å². The lowest BCUT2D eigenvalue weighted by Gasteiger charge is -2.22. The Labute approximate surface area is 159 Å². The first-order valence-corrected chi connectivity index (χ1v) is 9.66. The number of nitrogens with two attached hydrogens (primary N) is 1. The maximum atomic E-state index is 12.4. The minimum absolute atomic E-state index is 0. The molecule has 2 aromatic carbocycles. The van der Waals surface area contributed by atoms with E-state index in [1.54, 1.807) is 36.4 Å². The summed E-state index contributed by atoms with van der Waals surface area (Å²) in [4.78, 5) is 12.4. The Morgan fingerprint density at radius 1 is 0.923 bits per heavy atom. The first-order chi connectivity index (χ1) is 11.9. The quantitative estimate of drug-likeness (QED) is 0.723. The van der Waals surface area contributed by atoms with Crippen molar-refractivity contribution in [1.29, 1.82) is 0 Å². The average Bonchev–Trinajstić information content (AvgIpc) is 3.04. The third kappa shape index (κ3) is 4.55. The highest BCUT2D eigenvalue weighted by molar-refractivity contribution is 7.92. The summed E-state index contributed by atoms with van der Waals surface area (Å²) in [6.07, 6.45) is 3.25. The van der Waals surface area contributed by atoms with Gasteiger partial charge in [0.1, 0.15) is 0 Å². The first kappa shape index (κ1) is 20.2. The average molecular weight is 396 g/mol. The molecule has 0 radical (unpaired) electrons. The van der Waals surface area contributed by atoms with Crippen LogP contribution in [0.25, 0.3) is 0 Å². The number of hydrogen-bond acceptors (Lipinski definition) is 4. The number of amides is 1. The maximum Gasteiger partial charge on any atom is 0.261 e. The van der Waals surface area contributed by atoms with Gasteiger partial charge in [0.05, 0.1) is 10.4 Å². The van der Waals surface area contributed by atoms with E-state index in [-0.39, 0.29) is 23.2 Å². The predicted octanol–water partition coefficient (Wildman–Crippen LogP) is 3.12. The van der Waals surface area contributed by atoms with Gasteiger partial charge in [-0.15, -0.1) is 12.4 Å².